The third-order valence-corrected chi connectivity index (χ3v) is 2.15. The number of hydrogen-bond donors (Lipinski definition) is 3. The quantitative estimate of drug-likeness (QED) is 0.678. The maximum atomic E-state index is 9.57. The van der Waals surface area contributed by atoms with Crippen molar-refractivity contribution >= 4 is 0 Å². The number of phenolic OH excluding ortho intramolecular Hbond substituents is 1. The first-order chi connectivity index (χ1) is 7.04. The van der Waals surface area contributed by atoms with Crippen LogP contribution in [-0.2, 0) is 6.54 Å². The molecule has 15 heavy (non-hydrogen) atoms. The minimum absolute atomic E-state index is 0.206. The molecule has 1 rings (SSSR count). The number of hydrogen-bond acceptors (Lipinski definition) is 4. The van der Waals surface area contributed by atoms with Crippen molar-refractivity contribution in [2.75, 3.05) is 20.7 Å². The van der Waals surface area contributed by atoms with Crippen LogP contribution in [0.15, 0.2) is 18.2 Å². The lowest BCUT2D eigenvalue weighted by Crippen LogP contribution is -2.11. The summed E-state index contributed by atoms with van der Waals surface area (Å²) >= 11 is 0. The van der Waals surface area contributed by atoms with Gasteiger partial charge in [-0.15, -0.1) is 0 Å². The maximum Gasteiger partial charge on any atom is 0.120 e. The monoisotopic (exact) mass is 211 g/mol. The Morgan fingerprint density at radius 1 is 1.33 bits per heavy atom. The highest BCUT2D eigenvalue weighted by molar-refractivity contribution is 5.37. The number of benzene rings is 1. The van der Waals surface area contributed by atoms with Crippen LogP contribution in [-0.4, -0.2) is 40.9 Å². The van der Waals surface area contributed by atoms with Crippen LogP contribution in [0.25, 0.3) is 0 Å². The molecule has 1 unspecified atom stereocenters. The second-order valence-electron chi connectivity index (χ2n) is 3.82. The fraction of sp³-hybridized carbons (Fsp3) is 0.455. The predicted molar refractivity (Wildman–Crippen MR) is 57.5 cm³/mol. The standard InChI is InChI=1S/C11H17NO3/c1-12(2)6-9-5-8(11(15)7-13)3-4-10(9)14/h3-5,11,13-15H,6-7H2,1-2H3. The summed E-state index contributed by atoms with van der Waals surface area (Å²) in [5, 5.41) is 27.8. The molecule has 0 amide bonds. The lowest BCUT2D eigenvalue weighted by molar-refractivity contribution is 0.0954. The van der Waals surface area contributed by atoms with Gasteiger partial charge in [0.05, 0.1) is 6.61 Å². The van der Waals surface area contributed by atoms with Crippen molar-refractivity contribution in [3.63, 3.8) is 0 Å². The van der Waals surface area contributed by atoms with E-state index in [4.69, 9.17) is 5.11 Å². The van der Waals surface area contributed by atoms with Crippen molar-refractivity contribution in [3.8, 4) is 5.75 Å². The van der Waals surface area contributed by atoms with Gasteiger partial charge in [-0.2, -0.15) is 0 Å². The molecule has 4 heteroatoms. The highest BCUT2D eigenvalue weighted by Crippen LogP contribution is 2.23. The maximum absolute atomic E-state index is 9.57. The smallest absolute Gasteiger partial charge is 0.120 e. The van der Waals surface area contributed by atoms with Crippen LogP contribution in [0.1, 0.15) is 17.2 Å². The van der Waals surface area contributed by atoms with E-state index in [9.17, 15) is 10.2 Å². The molecule has 84 valence electrons. The molecule has 1 atom stereocenters. The fourth-order valence-corrected chi connectivity index (χ4v) is 1.39. The minimum Gasteiger partial charge on any atom is -0.508 e. The van der Waals surface area contributed by atoms with E-state index in [0.29, 0.717) is 12.1 Å². The summed E-state index contributed by atoms with van der Waals surface area (Å²) in [4.78, 5) is 1.92. The molecule has 0 aliphatic heterocycles. The minimum atomic E-state index is -0.883. The number of rotatable bonds is 4. The Labute approximate surface area is 89.4 Å². The largest absolute Gasteiger partial charge is 0.508 e. The SMILES string of the molecule is CN(C)Cc1cc(C(O)CO)ccc1O. The summed E-state index contributed by atoms with van der Waals surface area (Å²) in [6.45, 7) is 0.282. The van der Waals surface area contributed by atoms with Crippen LogP contribution in [0.4, 0.5) is 0 Å². The third-order valence-electron chi connectivity index (χ3n) is 2.15. The first kappa shape index (κ1) is 12.0. The molecular formula is C11H17NO3. The molecule has 0 saturated heterocycles. The Balaban J connectivity index is 2.94. The molecular weight excluding hydrogens is 194 g/mol. The van der Waals surface area contributed by atoms with Gasteiger partial charge in [-0.05, 0) is 31.8 Å². The number of nitrogens with zero attached hydrogens (tertiary/aromatic N) is 1. The van der Waals surface area contributed by atoms with Gasteiger partial charge in [-0.25, -0.2) is 0 Å². The number of aromatic hydroxyl groups is 1. The molecule has 1 aromatic rings. The van der Waals surface area contributed by atoms with Gasteiger partial charge in [0.1, 0.15) is 11.9 Å². The Morgan fingerprint density at radius 2 is 2.00 bits per heavy atom. The van der Waals surface area contributed by atoms with E-state index in [0.717, 1.165) is 5.56 Å². The topological polar surface area (TPSA) is 63.9 Å². The summed E-state index contributed by atoms with van der Waals surface area (Å²) in [6, 6.07) is 4.85. The Hall–Kier alpha value is -1.10. The zero-order chi connectivity index (χ0) is 11.4. The van der Waals surface area contributed by atoms with Crippen LogP contribution in [0.2, 0.25) is 0 Å². The van der Waals surface area contributed by atoms with Crippen molar-refractivity contribution in [2.24, 2.45) is 0 Å². The van der Waals surface area contributed by atoms with Crippen LogP contribution in [0.5, 0.6) is 5.75 Å². The van der Waals surface area contributed by atoms with Gasteiger partial charge in [0, 0.05) is 12.1 Å². The summed E-state index contributed by atoms with van der Waals surface area (Å²) in [6.07, 6.45) is -0.883. The summed E-state index contributed by atoms with van der Waals surface area (Å²) in [5.74, 6) is 0.206. The lowest BCUT2D eigenvalue weighted by atomic mass is 10.1. The Kier molecular flexibility index (Phi) is 4.08. The number of phenols is 1. The molecule has 0 aliphatic rings. The van der Waals surface area contributed by atoms with Gasteiger partial charge in [0.2, 0.25) is 0 Å². The van der Waals surface area contributed by atoms with Gasteiger partial charge in [0.15, 0.2) is 0 Å². The highest BCUT2D eigenvalue weighted by atomic mass is 16.3. The van der Waals surface area contributed by atoms with Crippen LogP contribution >= 0.6 is 0 Å². The molecule has 0 spiro atoms. The molecule has 0 aliphatic carbocycles. The molecule has 0 saturated carbocycles. The van der Waals surface area contributed by atoms with Gasteiger partial charge < -0.3 is 20.2 Å². The number of aliphatic hydroxyl groups excluding tert-OH is 2. The second kappa shape index (κ2) is 5.11. The van der Waals surface area contributed by atoms with E-state index in [1.807, 2.05) is 19.0 Å². The second-order valence-corrected chi connectivity index (χ2v) is 3.82. The molecule has 0 fully saturated rings. The van der Waals surface area contributed by atoms with Crippen molar-refractivity contribution in [1.82, 2.24) is 4.90 Å². The average Bonchev–Trinajstić information content (AvgIpc) is 2.19. The van der Waals surface area contributed by atoms with E-state index < -0.39 is 6.10 Å². The van der Waals surface area contributed by atoms with Crippen LogP contribution in [0.3, 0.4) is 0 Å². The predicted octanol–water partition coefficient (Wildman–Crippen LogP) is 0.480. The molecule has 4 nitrogen and oxygen atoms in total. The highest BCUT2D eigenvalue weighted by Gasteiger charge is 2.09. The third kappa shape index (κ3) is 3.20. The zero-order valence-electron chi connectivity index (χ0n) is 9.01. The summed E-state index contributed by atoms with van der Waals surface area (Å²) in [7, 11) is 3.79. The lowest BCUT2D eigenvalue weighted by Gasteiger charge is -2.14. The first-order valence-corrected chi connectivity index (χ1v) is 4.80. The Morgan fingerprint density at radius 3 is 2.53 bits per heavy atom. The van der Waals surface area contributed by atoms with Crippen LogP contribution < -0.4 is 0 Å². The molecule has 3 N–H and O–H groups in total. The van der Waals surface area contributed by atoms with Crippen LogP contribution in [0, 0.1) is 0 Å². The van der Waals surface area contributed by atoms with E-state index in [2.05, 4.69) is 0 Å². The molecule has 0 heterocycles. The van der Waals surface area contributed by atoms with Crippen molar-refractivity contribution < 1.29 is 15.3 Å². The molecule has 0 radical (unpaired) electrons. The van der Waals surface area contributed by atoms with E-state index in [-0.39, 0.29) is 12.4 Å². The zero-order valence-corrected chi connectivity index (χ0v) is 9.01. The van der Waals surface area contributed by atoms with E-state index >= 15 is 0 Å². The first-order valence-electron chi connectivity index (χ1n) is 4.80. The Bertz CT molecular complexity index is 326. The van der Waals surface area contributed by atoms with Gasteiger partial charge in [-0.1, -0.05) is 6.07 Å². The van der Waals surface area contributed by atoms with Crippen molar-refractivity contribution in [3.05, 3.63) is 29.3 Å². The number of aliphatic hydroxyl groups is 2. The molecule has 0 bridgehead atoms. The molecule has 0 aromatic heterocycles. The van der Waals surface area contributed by atoms with E-state index in [1.165, 1.54) is 6.07 Å². The summed E-state index contributed by atoms with van der Waals surface area (Å²) in [5.41, 5.74) is 1.36. The summed E-state index contributed by atoms with van der Waals surface area (Å²) < 4.78 is 0. The van der Waals surface area contributed by atoms with Crippen molar-refractivity contribution in [1.29, 1.82) is 0 Å². The fourth-order valence-electron chi connectivity index (χ4n) is 1.39. The normalized spacial score (nSPS) is 13.1. The molecule has 1 aromatic carbocycles. The van der Waals surface area contributed by atoms with Crippen molar-refractivity contribution in [2.45, 2.75) is 12.6 Å². The van der Waals surface area contributed by atoms with E-state index in [1.54, 1.807) is 12.1 Å². The van der Waals surface area contributed by atoms with Gasteiger partial charge in [0.25, 0.3) is 0 Å². The van der Waals surface area contributed by atoms with Gasteiger partial charge >= 0.3 is 0 Å². The van der Waals surface area contributed by atoms with Gasteiger partial charge in [-0.3, -0.25) is 0 Å². The average molecular weight is 211 g/mol.